The van der Waals surface area contributed by atoms with Crippen molar-refractivity contribution < 1.29 is 9.53 Å². The first-order chi connectivity index (χ1) is 14.2. The molecular formula is C24H19N3O2. The Hall–Kier alpha value is -3.78. The van der Waals surface area contributed by atoms with Crippen molar-refractivity contribution in [3.63, 3.8) is 0 Å². The van der Waals surface area contributed by atoms with Crippen molar-refractivity contribution in [3.8, 4) is 6.07 Å². The second-order valence-electron chi connectivity index (χ2n) is 7.49. The van der Waals surface area contributed by atoms with Crippen LogP contribution in [0.5, 0.6) is 0 Å². The molecule has 2 aromatic carbocycles. The minimum atomic E-state index is -0.510. The first kappa shape index (κ1) is 17.3. The smallest absolute Gasteiger partial charge is 0.205 e. The number of H-pyrrole nitrogens is 1. The Morgan fingerprint density at radius 2 is 1.83 bits per heavy atom. The largest absolute Gasteiger partial charge is 0.444 e. The third-order valence-corrected chi connectivity index (χ3v) is 5.86. The lowest BCUT2D eigenvalue weighted by molar-refractivity contribution is -0.117. The molecule has 2 aliphatic rings. The average Bonchev–Trinajstić information content (AvgIpc) is 3.17. The molecule has 0 spiro atoms. The Morgan fingerprint density at radius 3 is 2.62 bits per heavy atom. The molecular weight excluding hydrogens is 362 g/mol. The number of aromatic amines is 1. The summed E-state index contributed by atoms with van der Waals surface area (Å²) in [5.41, 5.74) is 9.94. The number of rotatable bonds is 2. The molecule has 0 saturated carbocycles. The molecule has 5 nitrogen and oxygen atoms in total. The van der Waals surface area contributed by atoms with Gasteiger partial charge in [0.2, 0.25) is 5.88 Å². The molecule has 3 N–H and O–H groups in total. The first-order valence-electron chi connectivity index (χ1n) is 9.62. The molecule has 0 radical (unpaired) electrons. The van der Waals surface area contributed by atoms with Crippen molar-refractivity contribution in [2.75, 3.05) is 0 Å². The number of carbonyl (C=O) groups excluding carboxylic acids is 1. The summed E-state index contributed by atoms with van der Waals surface area (Å²) in [5.74, 6) is 0.215. The fourth-order valence-electron chi connectivity index (χ4n) is 4.51. The van der Waals surface area contributed by atoms with Crippen LogP contribution in [0.1, 0.15) is 35.8 Å². The number of hydrogen-bond acceptors (Lipinski definition) is 4. The van der Waals surface area contributed by atoms with Gasteiger partial charge < -0.3 is 15.5 Å². The summed E-state index contributed by atoms with van der Waals surface area (Å²) >= 11 is 0. The average molecular weight is 381 g/mol. The van der Waals surface area contributed by atoms with Crippen LogP contribution in [-0.4, -0.2) is 10.8 Å². The maximum absolute atomic E-state index is 13.3. The van der Waals surface area contributed by atoms with Gasteiger partial charge in [-0.2, -0.15) is 5.26 Å². The van der Waals surface area contributed by atoms with Crippen molar-refractivity contribution in [1.29, 1.82) is 5.26 Å². The number of nitriles is 1. The van der Waals surface area contributed by atoms with Crippen molar-refractivity contribution in [3.05, 3.63) is 94.7 Å². The van der Waals surface area contributed by atoms with Gasteiger partial charge in [-0.3, -0.25) is 4.79 Å². The van der Waals surface area contributed by atoms with Gasteiger partial charge >= 0.3 is 0 Å². The molecule has 0 saturated heterocycles. The Labute approximate surface area is 168 Å². The predicted octanol–water partition coefficient (Wildman–Crippen LogP) is 4.38. The molecule has 3 aromatic rings. The number of nitrogens with zero attached hydrogens (tertiary/aromatic N) is 1. The van der Waals surface area contributed by atoms with Crippen molar-refractivity contribution in [1.82, 2.24) is 4.98 Å². The molecule has 1 aliphatic heterocycles. The van der Waals surface area contributed by atoms with E-state index in [9.17, 15) is 10.1 Å². The SMILES string of the molecule is N#CC1=C(N)OC2=C(C(=O)C[C@@H](c3ccccc3)C2)[C@H]1c1c[nH]c2ccccc12. The maximum atomic E-state index is 13.3. The van der Waals surface area contributed by atoms with Crippen LogP contribution in [-0.2, 0) is 9.53 Å². The predicted molar refractivity (Wildman–Crippen MR) is 109 cm³/mol. The lowest BCUT2D eigenvalue weighted by Crippen LogP contribution is -2.29. The van der Waals surface area contributed by atoms with Gasteiger partial charge in [-0.15, -0.1) is 0 Å². The summed E-state index contributed by atoms with van der Waals surface area (Å²) in [6.07, 6.45) is 2.85. The summed E-state index contributed by atoms with van der Waals surface area (Å²) in [6.45, 7) is 0. The van der Waals surface area contributed by atoms with E-state index in [0.717, 1.165) is 22.0 Å². The third kappa shape index (κ3) is 2.73. The standard InChI is InChI=1S/C24H19N3O2/c25-12-17-22(18-13-27-19-9-5-4-8-16(18)19)23-20(28)10-15(11-21(23)29-24(17)26)14-6-2-1-3-7-14/h1-9,13,15,22,27H,10-11,26H2/t15-,22-/m1/s1. The number of fused-ring (bicyclic) bond motifs is 1. The number of allylic oxidation sites excluding steroid dienone is 3. The Balaban J connectivity index is 1.65. The Bertz CT molecular complexity index is 1230. The number of Topliss-reactive ketones (excluding diaryl/α,β-unsaturated/α-hetero) is 1. The Kier molecular flexibility index (Phi) is 3.99. The number of hydrogen-bond donors (Lipinski definition) is 2. The molecule has 0 bridgehead atoms. The van der Waals surface area contributed by atoms with E-state index in [4.69, 9.17) is 10.5 Å². The van der Waals surface area contributed by atoms with Crippen LogP contribution in [0, 0.1) is 11.3 Å². The highest BCUT2D eigenvalue weighted by molar-refractivity contribution is 6.01. The van der Waals surface area contributed by atoms with Gasteiger partial charge in [-0.05, 0) is 23.1 Å². The van der Waals surface area contributed by atoms with Gasteiger partial charge in [0.25, 0.3) is 0 Å². The monoisotopic (exact) mass is 381 g/mol. The van der Waals surface area contributed by atoms with Crippen molar-refractivity contribution in [2.45, 2.75) is 24.7 Å². The molecule has 2 heterocycles. The van der Waals surface area contributed by atoms with Crippen LogP contribution in [0.4, 0.5) is 0 Å². The number of carbonyl (C=O) groups is 1. The maximum Gasteiger partial charge on any atom is 0.205 e. The van der Waals surface area contributed by atoms with Gasteiger partial charge in [0, 0.05) is 35.5 Å². The number of nitrogens with two attached hydrogens (primary N) is 1. The molecule has 0 amide bonds. The zero-order chi connectivity index (χ0) is 20.0. The normalized spacial score (nSPS) is 21.7. The summed E-state index contributed by atoms with van der Waals surface area (Å²) in [7, 11) is 0. The number of nitrogens with one attached hydrogen (secondary N) is 1. The molecule has 5 heteroatoms. The topological polar surface area (TPSA) is 91.9 Å². The molecule has 1 aliphatic carbocycles. The second kappa shape index (κ2) is 6.68. The molecule has 1 aromatic heterocycles. The Morgan fingerprint density at radius 1 is 1.07 bits per heavy atom. The summed E-state index contributed by atoms with van der Waals surface area (Å²) in [4.78, 5) is 16.5. The van der Waals surface area contributed by atoms with E-state index in [1.54, 1.807) is 0 Å². The van der Waals surface area contributed by atoms with Gasteiger partial charge in [-0.1, -0.05) is 48.5 Å². The van der Waals surface area contributed by atoms with E-state index in [2.05, 4.69) is 11.1 Å². The lowest BCUT2D eigenvalue weighted by atomic mass is 9.73. The fourth-order valence-corrected chi connectivity index (χ4v) is 4.51. The summed E-state index contributed by atoms with van der Waals surface area (Å²) in [5, 5.41) is 10.8. The van der Waals surface area contributed by atoms with Crippen LogP contribution < -0.4 is 5.73 Å². The zero-order valence-electron chi connectivity index (χ0n) is 15.7. The highest BCUT2D eigenvalue weighted by Gasteiger charge is 2.41. The van der Waals surface area contributed by atoms with E-state index in [0.29, 0.717) is 29.7 Å². The molecule has 29 heavy (non-hydrogen) atoms. The van der Waals surface area contributed by atoms with Gasteiger partial charge in [0.1, 0.15) is 17.4 Å². The number of benzene rings is 2. The van der Waals surface area contributed by atoms with Crippen LogP contribution in [0.25, 0.3) is 10.9 Å². The van der Waals surface area contributed by atoms with E-state index in [1.165, 1.54) is 0 Å². The van der Waals surface area contributed by atoms with E-state index in [1.807, 2.05) is 60.8 Å². The molecule has 5 rings (SSSR count). The summed E-state index contributed by atoms with van der Waals surface area (Å²) < 4.78 is 5.84. The van der Waals surface area contributed by atoms with Crippen molar-refractivity contribution >= 4 is 16.7 Å². The first-order valence-corrected chi connectivity index (χ1v) is 9.62. The number of para-hydroxylation sites is 1. The highest BCUT2D eigenvalue weighted by Crippen LogP contribution is 2.47. The van der Waals surface area contributed by atoms with E-state index < -0.39 is 5.92 Å². The number of ketones is 1. The zero-order valence-corrected chi connectivity index (χ0v) is 15.7. The van der Waals surface area contributed by atoms with E-state index >= 15 is 0 Å². The number of aromatic nitrogens is 1. The molecule has 0 unspecified atom stereocenters. The van der Waals surface area contributed by atoms with Gasteiger partial charge in [-0.25, -0.2) is 0 Å². The number of ether oxygens (including phenoxy) is 1. The quantitative estimate of drug-likeness (QED) is 0.689. The van der Waals surface area contributed by atoms with Gasteiger partial charge in [0.15, 0.2) is 5.78 Å². The minimum Gasteiger partial charge on any atom is -0.444 e. The molecule has 2 atom stereocenters. The van der Waals surface area contributed by atoms with Crippen LogP contribution in [0.15, 0.2) is 83.6 Å². The molecule has 0 fully saturated rings. The summed E-state index contributed by atoms with van der Waals surface area (Å²) in [6, 6.07) is 20.0. The van der Waals surface area contributed by atoms with Crippen LogP contribution in [0.3, 0.4) is 0 Å². The van der Waals surface area contributed by atoms with Gasteiger partial charge in [0.05, 0.1) is 5.92 Å². The highest BCUT2D eigenvalue weighted by atomic mass is 16.5. The second-order valence-corrected chi connectivity index (χ2v) is 7.49. The third-order valence-electron chi connectivity index (χ3n) is 5.86. The van der Waals surface area contributed by atoms with Crippen molar-refractivity contribution in [2.24, 2.45) is 5.73 Å². The fraction of sp³-hybridized carbons (Fsp3) is 0.167. The lowest BCUT2D eigenvalue weighted by Gasteiger charge is -2.33. The molecule has 142 valence electrons. The minimum absolute atomic E-state index is 0.00985. The van der Waals surface area contributed by atoms with Crippen LogP contribution in [0.2, 0.25) is 0 Å². The van der Waals surface area contributed by atoms with E-state index in [-0.39, 0.29) is 17.6 Å². The van der Waals surface area contributed by atoms with Crippen LogP contribution >= 0.6 is 0 Å².